The average Bonchev–Trinajstić information content (AvgIpc) is 2.40. The van der Waals surface area contributed by atoms with Gasteiger partial charge in [-0.25, -0.2) is 8.42 Å². The summed E-state index contributed by atoms with van der Waals surface area (Å²) in [6.45, 7) is 6.07. The van der Waals surface area contributed by atoms with Gasteiger partial charge in [0.25, 0.3) is 0 Å². The van der Waals surface area contributed by atoms with E-state index in [1.807, 2.05) is 19.9 Å². The van der Waals surface area contributed by atoms with Crippen LogP contribution < -0.4 is 5.32 Å². The van der Waals surface area contributed by atoms with Crippen LogP contribution in [0.2, 0.25) is 0 Å². The zero-order valence-corrected chi connectivity index (χ0v) is 12.4. The molecule has 106 valence electrons. The minimum absolute atomic E-state index is 0.0734. The van der Waals surface area contributed by atoms with Crippen LogP contribution in [0.1, 0.15) is 25.3 Å². The fourth-order valence-corrected chi connectivity index (χ4v) is 4.38. The molecule has 1 aliphatic rings. The van der Waals surface area contributed by atoms with Crippen LogP contribution in [0.4, 0.5) is 0 Å². The number of hydrogen-bond acceptors (Lipinski definition) is 3. The van der Waals surface area contributed by atoms with Gasteiger partial charge in [-0.1, -0.05) is 19.1 Å². The third-order valence-electron chi connectivity index (χ3n) is 3.59. The van der Waals surface area contributed by atoms with Gasteiger partial charge in [0, 0.05) is 19.1 Å². The van der Waals surface area contributed by atoms with Gasteiger partial charge < -0.3 is 5.32 Å². The lowest BCUT2D eigenvalue weighted by Gasteiger charge is -2.33. The monoisotopic (exact) mass is 282 g/mol. The van der Waals surface area contributed by atoms with E-state index in [-0.39, 0.29) is 6.04 Å². The van der Waals surface area contributed by atoms with Gasteiger partial charge in [-0.15, -0.1) is 0 Å². The van der Waals surface area contributed by atoms with Crippen molar-refractivity contribution in [3.05, 3.63) is 29.8 Å². The number of benzene rings is 1. The lowest BCUT2D eigenvalue weighted by atomic mass is 10.1. The lowest BCUT2D eigenvalue weighted by Crippen LogP contribution is -2.48. The maximum absolute atomic E-state index is 12.7. The van der Waals surface area contributed by atoms with Crippen molar-refractivity contribution in [2.24, 2.45) is 0 Å². The van der Waals surface area contributed by atoms with Gasteiger partial charge >= 0.3 is 0 Å². The largest absolute Gasteiger partial charge is 0.315 e. The van der Waals surface area contributed by atoms with Gasteiger partial charge in [-0.3, -0.25) is 0 Å². The van der Waals surface area contributed by atoms with Crippen molar-refractivity contribution in [2.45, 2.75) is 37.6 Å². The molecule has 1 fully saturated rings. The zero-order valence-electron chi connectivity index (χ0n) is 11.6. The number of hydrogen-bond donors (Lipinski definition) is 1. The molecule has 1 atom stereocenters. The second kappa shape index (κ2) is 6.03. The second-order valence-electron chi connectivity index (χ2n) is 5.03. The van der Waals surface area contributed by atoms with Crippen LogP contribution in [0.25, 0.3) is 0 Å². The minimum Gasteiger partial charge on any atom is -0.315 e. The highest BCUT2D eigenvalue weighted by atomic mass is 32.2. The number of likely N-dealkylation sites (N-methyl/N-ethyl adjacent to an activating group) is 1. The predicted molar refractivity (Wildman–Crippen MR) is 76.6 cm³/mol. The summed E-state index contributed by atoms with van der Waals surface area (Å²) in [4.78, 5) is 0.403. The lowest BCUT2D eigenvalue weighted by molar-refractivity contribution is 0.274. The van der Waals surface area contributed by atoms with E-state index in [1.165, 1.54) is 0 Å². The highest BCUT2D eigenvalue weighted by Crippen LogP contribution is 2.21. The third kappa shape index (κ3) is 3.16. The predicted octanol–water partition coefficient (Wildman–Crippen LogP) is 1.76. The Balaban J connectivity index is 2.30. The van der Waals surface area contributed by atoms with E-state index in [0.29, 0.717) is 11.4 Å². The molecule has 0 aromatic heterocycles. The van der Waals surface area contributed by atoms with Gasteiger partial charge in [0.05, 0.1) is 4.90 Å². The van der Waals surface area contributed by atoms with Crippen molar-refractivity contribution in [3.8, 4) is 0 Å². The molecule has 5 heteroatoms. The molecular formula is C14H22N2O2S. The van der Waals surface area contributed by atoms with E-state index in [1.54, 1.807) is 22.5 Å². The highest BCUT2D eigenvalue weighted by Gasteiger charge is 2.30. The van der Waals surface area contributed by atoms with E-state index in [9.17, 15) is 8.42 Å². The van der Waals surface area contributed by atoms with Crippen LogP contribution in [-0.2, 0) is 10.0 Å². The van der Waals surface area contributed by atoms with Crippen molar-refractivity contribution in [3.63, 3.8) is 0 Å². The van der Waals surface area contributed by atoms with Gasteiger partial charge in [-0.2, -0.15) is 4.31 Å². The first-order chi connectivity index (χ1) is 9.05. The molecule has 2 rings (SSSR count). The number of aryl methyl sites for hydroxylation is 1. The first-order valence-electron chi connectivity index (χ1n) is 6.85. The summed E-state index contributed by atoms with van der Waals surface area (Å²) in [5, 5.41) is 3.28. The van der Waals surface area contributed by atoms with Crippen molar-refractivity contribution in [1.82, 2.24) is 9.62 Å². The number of nitrogens with one attached hydrogen (secondary N) is 1. The SMILES string of the molecule is CCN(C1CCCNC1)S(=O)(=O)c1cccc(C)c1. The van der Waals surface area contributed by atoms with Crippen molar-refractivity contribution >= 4 is 10.0 Å². The van der Waals surface area contributed by atoms with Crippen LogP contribution >= 0.6 is 0 Å². The van der Waals surface area contributed by atoms with Crippen LogP contribution in [0, 0.1) is 6.92 Å². The molecule has 0 saturated carbocycles. The van der Waals surface area contributed by atoms with E-state index in [0.717, 1.165) is 31.5 Å². The molecule has 1 aromatic carbocycles. The van der Waals surface area contributed by atoms with E-state index in [2.05, 4.69) is 5.32 Å². The van der Waals surface area contributed by atoms with Crippen LogP contribution in [-0.4, -0.2) is 38.4 Å². The van der Waals surface area contributed by atoms with Crippen LogP contribution in [0.3, 0.4) is 0 Å². The second-order valence-corrected chi connectivity index (χ2v) is 6.92. The van der Waals surface area contributed by atoms with Crippen molar-refractivity contribution in [1.29, 1.82) is 0 Å². The minimum atomic E-state index is -3.38. The Bertz CT molecular complexity index is 522. The standard InChI is InChI=1S/C14H22N2O2S/c1-3-16(13-7-5-9-15-11-13)19(17,18)14-8-4-6-12(2)10-14/h4,6,8,10,13,15H,3,5,7,9,11H2,1-2H3. The highest BCUT2D eigenvalue weighted by molar-refractivity contribution is 7.89. The molecule has 1 aliphatic heterocycles. The summed E-state index contributed by atoms with van der Waals surface area (Å²) in [6.07, 6.45) is 1.97. The Kier molecular flexibility index (Phi) is 4.60. The van der Waals surface area contributed by atoms with Crippen LogP contribution in [0.5, 0.6) is 0 Å². The molecule has 1 heterocycles. The molecule has 19 heavy (non-hydrogen) atoms. The summed E-state index contributed by atoms with van der Waals surface area (Å²) in [6, 6.07) is 7.21. The van der Waals surface area contributed by atoms with Gasteiger partial charge in [0.15, 0.2) is 0 Å². The average molecular weight is 282 g/mol. The van der Waals surface area contributed by atoms with Gasteiger partial charge in [0.1, 0.15) is 0 Å². The summed E-state index contributed by atoms with van der Waals surface area (Å²) in [5.74, 6) is 0. The molecule has 0 radical (unpaired) electrons. The normalized spacial score (nSPS) is 20.7. The maximum Gasteiger partial charge on any atom is 0.243 e. The van der Waals surface area contributed by atoms with Gasteiger partial charge in [0.2, 0.25) is 10.0 Å². The molecule has 1 N–H and O–H groups in total. The summed E-state index contributed by atoms with van der Waals surface area (Å²) in [7, 11) is -3.38. The Labute approximate surface area is 115 Å². The molecular weight excluding hydrogens is 260 g/mol. The molecule has 4 nitrogen and oxygen atoms in total. The number of rotatable bonds is 4. The Hall–Kier alpha value is -0.910. The Morgan fingerprint density at radius 2 is 2.21 bits per heavy atom. The first kappa shape index (κ1) is 14.5. The van der Waals surface area contributed by atoms with E-state index < -0.39 is 10.0 Å². The Morgan fingerprint density at radius 3 is 2.79 bits per heavy atom. The topological polar surface area (TPSA) is 49.4 Å². The van der Waals surface area contributed by atoms with E-state index >= 15 is 0 Å². The molecule has 0 bridgehead atoms. The maximum atomic E-state index is 12.7. The summed E-state index contributed by atoms with van der Waals surface area (Å²) >= 11 is 0. The summed E-state index contributed by atoms with van der Waals surface area (Å²) < 4.78 is 27.1. The van der Waals surface area contributed by atoms with E-state index in [4.69, 9.17) is 0 Å². The smallest absolute Gasteiger partial charge is 0.243 e. The zero-order chi connectivity index (χ0) is 13.9. The molecule has 1 unspecified atom stereocenters. The Morgan fingerprint density at radius 1 is 1.42 bits per heavy atom. The number of nitrogens with zero attached hydrogens (tertiary/aromatic N) is 1. The fourth-order valence-electron chi connectivity index (χ4n) is 2.61. The van der Waals surface area contributed by atoms with Gasteiger partial charge in [-0.05, 0) is 44.0 Å². The van der Waals surface area contributed by atoms with Crippen molar-refractivity contribution in [2.75, 3.05) is 19.6 Å². The first-order valence-corrected chi connectivity index (χ1v) is 8.29. The molecule has 0 spiro atoms. The molecule has 0 amide bonds. The number of piperidine rings is 1. The molecule has 1 aromatic rings. The van der Waals surface area contributed by atoms with Crippen LogP contribution in [0.15, 0.2) is 29.2 Å². The molecule has 0 aliphatic carbocycles. The third-order valence-corrected chi connectivity index (χ3v) is 5.61. The summed E-state index contributed by atoms with van der Waals surface area (Å²) in [5.41, 5.74) is 0.971. The quantitative estimate of drug-likeness (QED) is 0.915. The molecule has 1 saturated heterocycles. The number of sulfonamides is 1. The fraction of sp³-hybridized carbons (Fsp3) is 0.571. The van der Waals surface area contributed by atoms with Crippen molar-refractivity contribution < 1.29 is 8.42 Å².